The van der Waals surface area contributed by atoms with Gasteiger partial charge in [-0.2, -0.15) is 5.10 Å². The van der Waals surface area contributed by atoms with Gasteiger partial charge in [0.2, 0.25) is 0 Å². The van der Waals surface area contributed by atoms with Crippen molar-refractivity contribution in [1.82, 2.24) is 19.6 Å². The minimum Gasteiger partial charge on any atom is -0.363 e. The molecule has 0 radical (unpaired) electrons. The van der Waals surface area contributed by atoms with E-state index in [4.69, 9.17) is 0 Å². The van der Waals surface area contributed by atoms with Crippen molar-refractivity contribution in [2.45, 2.75) is 32.2 Å². The molecule has 0 saturated heterocycles. The molecule has 0 bridgehead atoms. The van der Waals surface area contributed by atoms with Gasteiger partial charge in [-0.05, 0) is 43.2 Å². The minimum atomic E-state index is -0.251. The number of hydrogen-bond donors (Lipinski definition) is 2. The summed E-state index contributed by atoms with van der Waals surface area (Å²) in [5.41, 5.74) is 1.72. The third kappa shape index (κ3) is 2.04. The number of fused-ring (bicyclic) bond motifs is 2. The molecule has 0 saturated carbocycles. The fraction of sp³-hybridized carbons (Fsp3) is 0.357. The van der Waals surface area contributed by atoms with Gasteiger partial charge in [-0.3, -0.25) is 0 Å². The van der Waals surface area contributed by atoms with Gasteiger partial charge in [0.15, 0.2) is 5.65 Å². The predicted octanol–water partition coefficient (Wildman–Crippen LogP) is 2.28. The van der Waals surface area contributed by atoms with E-state index < -0.39 is 0 Å². The van der Waals surface area contributed by atoms with E-state index in [1.165, 1.54) is 27.7 Å². The van der Waals surface area contributed by atoms with Gasteiger partial charge in [-0.1, -0.05) is 0 Å². The van der Waals surface area contributed by atoms with Crippen LogP contribution in [0.5, 0.6) is 0 Å². The highest BCUT2D eigenvalue weighted by Gasteiger charge is 2.21. The SMILES string of the molecule is Cc1nc(NC2CCCc3sccc32)cc2n[nH]c(=O)n12. The van der Waals surface area contributed by atoms with Gasteiger partial charge in [0.1, 0.15) is 11.6 Å². The smallest absolute Gasteiger partial charge is 0.349 e. The standard InChI is InChI=1S/C14H15N5OS/c1-8-15-12(7-13-17-18-14(20)19(8)13)16-10-3-2-4-11-9(10)5-6-21-11/h5-7,10,16H,2-4H2,1H3,(H,18,20). The Morgan fingerprint density at radius 2 is 2.43 bits per heavy atom. The van der Waals surface area contributed by atoms with Crippen molar-refractivity contribution in [3.8, 4) is 0 Å². The lowest BCUT2D eigenvalue weighted by molar-refractivity contribution is 0.606. The summed E-state index contributed by atoms with van der Waals surface area (Å²) in [6.45, 7) is 1.81. The number of anilines is 1. The zero-order chi connectivity index (χ0) is 14.4. The average molecular weight is 301 g/mol. The normalized spacial score (nSPS) is 17.9. The number of aryl methyl sites for hydroxylation is 2. The Balaban J connectivity index is 1.71. The second kappa shape index (κ2) is 4.70. The molecule has 1 aliphatic rings. The highest BCUT2D eigenvalue weighted by molar-refractivity contribution is 7.10. The maximum absolute atomic E-state index is 11.6. The molecule has 0 fully saturated rings. The van der Waals surface area contributed by atoms with Gasteiger partial charge in [0.25, 0.3) is 0 Å². The van der Waals surface area contributed by atoms with Crippen molar-refractivity contribution < 1.29 is 0 Å². The van der Waals surface area contributed by atoms with Crippen molar-refractivity contribution in [2.75, 3.05) is 5.32 Å². The summed E-state index contributed by atoms with van der Waals surface area (Å²) in [6, 6.07) is 4.30. The third-order valence-corrected chi connectivity index (χ3v) is 4.94. The summed E-state index contributed by atoms with van der Waals surface area (Å²) in [4.78, 5) is 17.6. The zero-order valence-electron chi connectivity index (χ0n) is 11.6. The molecule has 3 aromatic rings. The van der Waals surface area contributed by atoms with E-state index in [-0.39, 0.29) is 5.69 Å². The number of H-pyrrole nitrogens is 1. The number of thiophene rings is 1. The van der Waals surface area contributed by atoms with E-state index in [1.807, 2.05) is 24.3 Å². The van der Waals surface area contributed by atoms with E-state index in [9.17, 15) is 4.79 Å². The summed E-state index contributed by atoms with van der Waals surface area (Å²) in [5.74, 6) is 1.40. The Morgan fingerprint density at radius 3 is 3.33 bits per heavy atom. The summed E-state index contributed by atoms with van der Waals surface area (Å²) in [7, 11) is 0. The maximum atomic E-state index is 11.6. The van der Waals surface area contributed by atoms with Crippen LogP contribution in [0.3, 0.4) is 0 Å². The molecule has 0 aliphatic heterocycles. The van der Waals surface area contributed by atoms with Crippen LogP contribution in [0.2, 0.25) is 0 Å². The second-order valence-electron chi connectivity index (χ2n) is 5.30. The Kier molecular flexibility index (Phi) is 2.81. The van der Waals surface area contributed by atoms with Gasteiger partial charge in [-0.15, -0.1) is 11.3 Å². The number of nitrogens with zero attached hydrogens (tertiary/aromatic N) is 3. The molecule has 1 aliphatic carbocycles. The molecule has 6 nitrogen and oxygen atoms in total. The first kappa shape index (κ1) is 12.6. The largest absolute Gasteiger partial charge is 0.363 e. The summed E-state index contributed by atoms with van der Waals surface area (Å²) in [5, 5.41) is 12.1. The van der Waals surface area contributed by atoms with Crippen LogP contribution in [0.1, 0.15) is 35.1 Å². The second-order valence-corrected chi connectivity index (χ2v) is 6.30. The van der Waals surface area contributed by atoms with Crippen molar-refractivity contribution in [1.29, 1.82) is 0 Å². The van der Waals surface area contributed by atoms with Crippen LogP contribution in [-0.4, -0.2) is 19.6 Å². The topological polar surface area (TPSA) is 75.1 Å². The van der Waals surface area contributed by atoms with E-state index in [1.54, 1.807) is 0 Å². The lowest BCUT2D eigenvalue weighted by atomic mass is 9.94. The van der Waals surface area contributed by atoms with Crippen LogP contribution in [0.15, 0.2) is 22.3 Å². The Labute approximate surface area is 124 Å². The third-order valence-electron chi connectivity index (χ3n) is 3.94. The lowest BCUT2D eigenvalue weighted by Crippen LogP contribution is -2.18. The molecule has 21 heavy (non-hydrogen) atoms. The molecule has 1 atom stereocenters. The molecule has 0 amide bonds. The van der Waals surface area contributed by atoms with Crippen molar-refractivity contribution in [2.24, 2.45) is 0 Å². The van der Waals surface area contributed by atoms with Gasteiger partial charge in [0, 0.05) is 10.9 Å². The predicted molar refractivity (Wildman–Crippen MR) is 82.0 cm³/mol. The molecule has 7 heteroatoms. The lowest BCUT2D eigenvalue weighted by Gasteiger charge is -2.24. The van der Waals surface area contributed by atoms with Gasteiger partial charge < -0.3 is 5.32 Å². The van der Waals surface area contributed by atoms with E-state index in [0.29, 0.717) is 17.5 Å². The van der Waals surface area contributed by atoms with Crippen LogP contribution in [0.4, 0.5) is 5.82 Å². The molecule has 1 unspecified atom stereocenters. The fourth-order valence-electron chi connectivity index (χ4n) is 2.99. The molecular formula is C14H15N5OS. The number of nitrogens with one attached hydrogen (secondary N) is 2. The van der Waals surface area contributed by atoms with Gasteiger partial charge in [0.05, 0.1) is 6.04 Å². The fourth-order valence-corrected chi connectivity index (χ4v) is 3.97. The highest BCUT2D eigenvalue weighted by atomic mass is 32.1. The van der Waals surface area contributed by atoms with Crippen LogP contribution in [-0.2, 0) is 6.42 Å². The molecular weight excluding hydrogens is 286 g/mol. The number of aromatic nitrogens is 4. The van der Waals surface area contributed by atoms with Crippen LogP contribution in [0, 0.1) is 6.92 Å². The van der Waals surface area contributed by atoms with E-state index in [0.717, 1.165) is 12.2 Å². The Bertz CT molecular complexity index is 862. The van der Waals surface area contributed by atoms with Gasteiger partial charge in [-0.25, -0.2) is 19.3 Å². The minimum absolute atomic E-state index is 0.251. The quantitative estimate of drug-likeness (QED) is 0.761. The molecule has 0 aromatic carbocycles. The number of hydrogen-bond acceptors (Lipinski definition) is 5. The van der Waals surface area contributed by atoms with Crippen LogP contribution >= 0.6 is 11.3 Å². The molecule has 108 valence electrons. The zero-order valence-corrected chi connectivity index (χ0v) is 12.4. The Hall–Kier alpha value is -2.15. The monoisotopic (exact) mass is 301 g/mol. The van der Waals surface area contributed by atoms with E-state index >= 15 is 0 Å². The molecule has 3 aromatic heterocycles. The number of aromatic amines is 1. The van der Waals surface area contributed by atoms with Crippen molar-refractivity contribution >= 4 is 22.8 Å². The van der Waals surface area contributed by atoms with Crippen molar-refractivity contribution in [3.63, 3.8) is 0 Å². The van der Waals surface area contributed by atoms with Crippen molar-refractivity contribution in [3.05, 3.63) is 44.3 Å². The average Bonchev–Trinajstić information content (AvgIpc) is 3.06. The Morgan fingerprint density at radius 1 is 1.52 bits per heavy atom. The molecule has 0 spiro atoms. The maximum Gasteiger partial charge on any atom is 0.349 e. The summed E-state index contributed by atoms with van der Waals surface area (Å²) in [6.07, 6.45) is 3.46. The first-order chi connectivity index (χ1) is 10.2. The summed E-state index contributed by atoms with van der Waals surface area (Å²) < 4.78 is 1.47. The van der Waals surface area contributed by atoms with E-state index in [2.05, 4.69) is 31.9 Å². The first-order valence-electron chi connectivity index (χ1n) is 7.00. The molecule has 4 rings (SSSR count). The van der Waals surface area contributed by atoms with Crippen LogP contribution in [0.25, 0.3) is 5.65 Å². The van der Waals surface area contributed by atoms with Crippen LogP contribution < -0.4 is 11.0 Å². The number of rotatable bonds is 2. The molecule has 2 N–H and O–H groups in total. The first-order valence-corrected chi connectivity index (χ1v) is 7.88. The summed E-state index contributed by atoms with van der Waals surface area (Å²) >= 11 is 1.83. The highest BCUT2D eigenvalue weighted by Crippen LogP contribution is 2.35. The van der Waals surface area contributed by atoms with Gasteiger partial charge >= 0.3 is 5.69 Å². The molecule has 3 heterocycles.